The first-order valence-corrected chi connectivity index (χ1v) is 11.1. The Hall–Kier alpha value is -1.26. The molecule has 9 heteroatoms. The second kappa shape index (κ2) is 6.66. The average Bonchev–Trinajstić information content (AvgIpc) is 2.83. The van der Waals surface area contributed by atoms with E-state index < -0.39 is 38.1 Å². The highest BCUT2D eigenvalue weighted by Gasteiger charge is 2.64. The van der Waals surface area contributed by atoms with Gasteiger partial charge in [0.25, 0.3) is 5.56 Å². The SMILES string of the molecule is CC(C)(C)[Si]1(C(C)(C)C)OC[C@H]2O[C@@H](Cn3ccc(=O)[nH]c3=O)[C@@H](O)C2O1. The molecule has 8 nitrogen and oxygen atoms in total. The number of hydrogen-bond donors (Lipinski definition) is 2. The number of nitrogens with one attached hydrogen (secondary N) is 1. The van der Waals surface area contributed by atoms with Crippen molar-refractivity contribution in [2.75, 3.05) is 6.61 Å². The number of rotatable bonds is 2. The molecule has 1 unspecified atom stereocenters. The molecule has 152 valence electrons. The van der Waals surface area contributed by atoms with Crippen LogP contribution in [-0.2, 0) is 20.1 Å². The Morgan fingerprint density at radius 3 is 2.41 bits per heavy atom. The fourth-order valence-corrected chi connectivity index (χ4v) is 9.33. The minimum Gasteiger partial charge on any atom is -0.391 e. The molecule has 2 aliphatic heterocycles. The molecule has 2 fully saturated rings. The predicted octanol–water partition coefficient (Wildman–Crippen LogP) is 1.12. The summed E-state index contributed by atoms with van der Waals surface area (Å²) in [5.74, 6) is 0. The number of hydrogen-bond acceptors (Lipinski definition) is 6. The van der Waals surface area contributed by atoms with Crippen LogP contribution in [0.5, 0.6) is 0 Å². The van der Waals surface area contributed by atoms with E-state index in [1.54, 1.807) is 0 Å². The fraction of sp³-hybridized carbons (Fsp3) is 0.778. The van der Waals surface area contributed by atoms with Gasteiger partial charge in [-0.2, -0.15) is 0 Å². The summed E-state index contributed by atoms with van der Waals surface area (Å²) in [5.41, 5.74) is -0.987. The Morgan fingerprint density at radius 1 is 1.22 bits per heavy atom. The van der Waals surface area contributed by atoms with Gasteiger partial charge in [-0.15, -0.1) is 0 Å². The zero-order valence-corrected chi connectivity index (χ0v) is 17.8. The third-order valence-corrected chi connectivity index (χ3v) is 10.6. The van der Waals surface area contributed by atoms with E-state index in [2.05, 4.69) is 46.5 Å². The third kappa shape index (κ3) is 3.47. The summed E-state index contributed by atoms with van der Waals surface area (Å²) in [6, 6.07) is 1.27. The maximum atomic E-state index is 11.9. The molecule has 3 rings (SSSR count). The molecule has 0 radical (unpaired) electrons. The molecule has 0 spiro atoms. The van der Waals surface area contributed by atoms with Gasteiger partial charge in [-0.3, -0.25) is 14.3 Å². The van der Waals surface area contributed by atoms with Crippen LogP contribution in [0.3, 0.4) is 0 Å². The van der Waals surface area contributed by atoms with Crippen LogP contribution in [0.1, 0.15) is 41.5 Å². The van der Waals surface area contributed by atoms with Crippen LogP contribution in [0.2, 0.25) is 10.1 Å². The summed E-state index contributed by atoms with van der Waals surface area (Å²) in [4.78, 5) is 25.4. The number of aliphatic hydroxyl groups excluding tert-OH is 1. The Morgan fingerprint density at radius 2 is 1.85 bits per heavy atom. The number of nitrogens with zero attached hydrogens (tertiary/aromatic N) is 1. The monoisotopic (exact) mass is 398 g/mol. The van der Waals surface area contributed by atoms with E-state index in [0.29, 0.717) is 6.61 Å². The average molecular weight is 399 g/mol. The number of fused-ring (bicyclic) bond motifs is 1. The van der Waals surface area contributed by atoms with Crippen LogP contribution in [0.4, 0.5) is 0 Å². The molecule has 4 atom stereocenters. The van der Waals surface area contributed by atoms with Crippen LogP contribution in [-0.4, -0.2) is 54.2 Å². The molecule has 0 bridgehead atoms. The van der Waals surface area contributed by atoms with Gasteiger partial charge in [-0.1, -0.05) is 41.5 Å². The van der Waals surface area contributed by atoms with Gasteiger partial charge in [0.2, 0.25) is 0 Å². The molecule has 3 heterocycles. The molecule has 0 aliphatic carbocycles. The highest BCUT2D eigenvalue weighted by molar-refractivity contribution is 6.73. The molecule has 2 aliphatic rings. The van der Waals surface area contributed by atoms with Crippen LogP contribution < -0.4 is 11.2 Å². The lowest BCUT2D eigenvalue weighted by molar-refractivity contribution is -0.0728. The highest BCUT2D eigenvalue weighted by atomic mass is 28.4. The zero-order valence-electron chi connectivity index (χ0n) is 16.8. The minimum atomic E-state index is -2.71. The summed E-state index contributed by atoms with van der Waals surface area (Å²) < 4.78 is 20.2. The van der Waals surface area contributed by atoms with Crippen molar-refractivity contribution in [2.45, 2.75) is 82.6 Å². The quantitative estimate of drug-likeness (QED) is 0.724. The largest absolute Gasteiger partial charge is 0.391 e. The molecule has 1 aromatic rings. The molecule has 1 aromatic heterocycles. The second-order valence-corrected chi connectivity index (χ2v) is 14.2. The van der Waals surface area contributed by atoms with Crippen LogP contribution >= 0.6 is 0 Å². The first-order valence-electron chi connectivity index (χ1n) is 9.31. The Labute approximate surface area is 159 Å². The Balaban J connectivity index is 1.84. The smallest absolute Gasteiger partial charge is 0.349 e. The lowest BCUT2D eigenvalue weighted by atomic mass is 10.1. The first-order chi connectivity index (χ1) is 12.4. The Kier molecular flexibility index (Phi) is 5.05. The summed E-state index contributed by atoms with van der Waals surface area (Å²) in [6.07, 6.45) is -0.965. The summed E-state index contributed by atoms with van der Waals surface area (Å²) in [5, 5.41) is 10.5. The van der Waals surface area contributed by atoms with Crippen molar-refractivity contribution in [1.82, 2.24) is 9.55 Å². The van der Waals surface area contributed by atoms with E-state index in [4.69, 9.17) is 13.6 Å². The molecule has 0 aromatic carbocycles. The van der Waals surface area contributed by atoms with E-state index in [0.717, 1.165) is 0 Å². The van der Waals surface area contributed by atoms with Gasteiger partial charge in [0, 0.05) is 22.3 Å². The maximum Gasteiger partial charge on any atom is 0.349 e. The van der Waals surface area contributed by atoms with Gasteiger partial charge in [0.1, 0.15) is 24.4 Å². The molecule has 27 heavy (non-hydrogen) atoms. The van der Waals surface area contributed by atoms with Crippen LogP contribution in [0, 0.1) is 0 Å². The van der Waals surface area contributed by atoms with Gasteiger partial charge in [0.05, 0.1) is 13.2 Å². The lowest BCUT2D eigenvalue weighted by Gasteiger charge is -2.53. The van der Waals surface area contributed by atoms with Gasteiger partial charge < -0.3 is 18.7 Å². The van der Waals surface area contributed by atoms with E-state index >= 15 is 0 Å². The van der Waals surface area contributed by atoms with Crippen molar-refractivity contribution in [3.8, 4) is 0 Å². The van der Waals surface area contributed by atoms with E-state index in [1.807, 2.05) is 0 Å². The summed E-state index contributed by atoms with van der Waals surface area (Å²) in [7, 11) is -2.71. The molecular formula is C18H30N2O6Si. The van der Waals surface area contributed by atoms with Gasteiger partial charge in [-0.25, -0.2) is 4.79 Å². The fourth-order valence-electron chi connectivity index (χ4n) is 4.36. The van der Waals surface area contributed by atoms with Crippen molar-refractivity contribution in [2.24, 2.45) is 0 Å². The third-order valence-electron chi connectivity index (χ3n) is 5.43. The summed E-state index contributed by atoms with van der Waals surface area (Å²) >= 11 is 0. The van der Waals surface area contributed by atoms with E-state index in [9.17, 15) is 14.7 Å². The normalized spacial score (nSPS) is 30.9. The minimum absolute atomic E-state index is 0.132. The van der Waals surface area contributed by atoms with Gasteiger partial charge in [0.15, 0.2) is 0 Å². The van der Waals surface area contributed by atoms with Crippen molar-refractivity contribution < 1.29 is 18.7 Å². The molecule has 2 N–H and O–H groups in total. The van der Waals surface area contributed by atoms with Crippen molar-refractivity contribution in [3.63, 3.8) is 0 Å². The van der Waals surface area contributed by atoms with Crippen LogP contribution in [0.15, 0.2) is 21.9 Å². The predicted molar refractivity (Wildman–Crippen MR) is 102 cm³/mol. The van der Waals surface area contributed by atoms with Gasteiger partial charge >= 0.3 is 14.3 Å². The van der Waals surface area contributed by atoms with E-state index in [-0.39, 0.29) is 22.7 Å². The topological polar surface area (TPSA) is 103 Å². The summed E-state index contributed by atoms with van der Waals surface area (Å²) in [6.45, 7) is 13.2. The number of H-pyrrole nitrogens is 1. The highest BCUT2D eigenvalue weighted by Crippen LogP contribution is 2.55. The molecule has 0 amide bonds. The van der Waals surface area contributed by atoms with Crippen molar-refractivity contribution in [3.05, 3.63) is 33.1 Å². The number of aliphatic hydroxyl groups is 1. The molecular weight excluding hydrogens is 368 g/mol. The maximum absolute atomic E-state index is 11.9. The molecule has 2 saturated heterocycles. The zero-order chi connectivity index (χ0) is 20.2. The lowest BCUT2D eigenvalue weighted by Crippen LogP contribution is -2.65. The standard InChI is InChI=1S/C18H30N2O6Si/c1-17(2,3)27(18(4,5)6)24-10-12-15(26-27)14(22)11(25-12)9-20-8-7-13(21)19-16(20)23/h7-8,11-12,14-15,22H,9-10H2,1-6H3,(H,19,21,23)/t11-,12+,14+,15?/m0/s1. The molecule has 0 saturated carbocycles. The number of aromatic nitrogens is 2. The van der Waals surface area contributed by atoms with Gasteiger partial charge in [-0.05, 0) is 0 Å². The first kappa shape index (κ1) is 20.5. The van der Waals surface area contributed by atoms with Crippen LogP contribution in [0.25, 0.3) is 0 Å². The number of aromatic amines is 1. The van der Waals surface area contributed by atoms with Crippen molar-refractivity contribution in [1.29, 1.82) is 0 Å². The second-order valence-electron chi connectivity index (χ2n) is 9.48. The number of ether oxygens (including phenoxy) is 1. The Bertz CT molecular complexity index is 792. The van der Waals surface area contributed by atoms with E-state index in [1.165, 1.54) is 16.8 Å². The van der Waals surface area contributed by atoms with Crippen molar-refractivity contribution >= 4 is 8.56 Å².